The molecule has 0 saturated carbocycles. The summed E-state index contributed by atoms with van der Waals surface area (Å²) >= 11 is 5.75. The molecule has 4 aromatic rings. The first-order valence-corrected chi connectivity index (χ1v) is 10.1. The minimum Gasteiger partial charge on any atom is -0.363 e. The van der Waals surface area contributed by atoms with Crippen LogP contribution in [0.5, 0.6) is 0 Å². The molecule has 0 unspecified atom stereocenters. The van der Waals surface area contributed by atoms with E-state index in [4.69, 9.17) is 11.6 Å². The fourth-order valence-corrected chi connectivity index (χ4v) is 3.64. The van der Waals surface area contributed by atoms with E-state index >= 15 is 0 Å². The second-order valence-corrected chi connectivity index (χ2v) is 7.63. The molecule has 0 aliphatic heterocycles. The molecule has 0 bridgehead atoms. The number of rotatable bonds is 6. The third-order valence-corrected chi connectivity index (χ3v) is 5.39. The van der Waals surface area contributed by atoms with Crippen LogP contribution in [0.15, 0.2) is 72.8 Å². The number of aromatic nitrogens is 1. The molecule has 1 amide bonds. The molecule has 0 radical (unpaired) electrons. The van der Waals surface area contributed by atoms with Gasteiger partial charge >= 0.3 is 0 Å². The molecule has 1 aromatic heterocycles. The van der Waals surface area contributed by atoms with Crippen molar-refractivity contribution < 1.29 is 19.4 Å². The molecule has 0 aliphatic rings. The smallest absolute Gasteiger partial charge is 0.251 e. The highest BCUT2D eigenvalue weighted by atomic mass is 35.5. The van der Waals surface area contributed by atoms with E-state index in [1.807, 2.05) is 30.3 Å². The van der Waals surface area contributed by atoms with Gasteiger partial charge < -0.3 is 20.1 Å². The topological polar surface area (TPSA) is 74.5 Å². The first kappa shape index (κ1) is 21.1. The van der Waals surface area contributed by atoms with Gasteiger partial charge in [0.15, 0.2) is 6.29 Å². The molecular weight excluding hydrogens is 419 g/mol. The van der Waals surface area contributed by atoms with Crippen LogP contribution < -0.4 is 5.32 Å². The first-order valence-electron chi connectivity index (χ1n) is 9.68. The third kappa shape index (κ3) is 4.61. The van der Waals surface area contributed by atoms with Crippen LogP contribution in [0, 0.1) is 5.82 Å². The van der Waals surface area contributed by atoms with Crippen molar-refractivity contribution in [3.63, 3.8) is 0 Å². The molecule has 31 heavy (non-hydrogen) atoms. The van der Waals surface area contributed by atoms with Crippen molar-refractivity contribution in [3.8, 4) is 0 Å². The van der Waals surface area contributed by atoms with E-state index in [9.17, 15) is 19.4 Å². The summed E-state index contributed by atoms with van der Waals surface area (Å²) in [4.78, 5) is 12.6. The summed E-state index contributed by atoms with van der Waals surface area (Å²) in [5, 5.41) is 23.2. The first-order chi connectivity index (χ1) is 14.9. The molecule has 3 N–H and O–H groups in total. The van der Waals surface area contributed by atoms with E-state index in [1.165, 1.54) is 12.1 Å². The van der Waals surface area contributed by atoms with Gasteiger partial charge in [0.1, 0.15) is 5.82 Å². The predicted molar refractivity (Wildman–Crippen MR) is 117 cm³/mol. The third-order valence-electron chi connectivity index (χ3n) is 5.08. The van der Waals surface area contributed by atoms with Gasteiger partial charge in [-0.05, 0) is 47.5 Å². The van der Waals surface area contributed by atoms with Crippen LogP contribution in [0.1, 0.15) is 33.5 Å². The Labute approximate surface area is 183 Å². The number of amides is 1. The standard InChI is InChI=1S/C24H20ClFN2O3/c25-19-8-6-16(10-20(19)26)14-28-21-9-7-17(11-18(21)12-22(28)24(30)31)23(29)27-13-15-4-2-1-3-5-15/h1-12,24,30-31H,13-14H2,(H,27,29). The monoisotopic (exact) mass is 438 g/mol. The minimum atomic E-state index is -1.72. The number of nitrogens with one attached hydrogen (secondary N) is 1. The highest BCUT2D eigenvalue weighted by Gasteiger charge is 2.17. The van der Waals surface area contributed by atoms with E-state index in [1.54, 1.807) is 34.9 Å². The number of fused-ring (bicyclic) bond motifs is 1. The molecule has 0 atom stereocenters. The number of nitrogens with zero attached hydrogens (tertiary/aromatic N) is 1. The number of aliphatic hydroxyl groups excluding tert-OH is 1. The zero-order valence-corrected chi connectivity index (χ0v) is 17.2. The lowest BCUT2D eigenvalue weighted by Crippen LogP contribution is -2.22. The van der Waals surface area contributed by atoms with Crippen molar-refractivity contribution in [2.45, 2.75) is 19.4 Å². The summed E-state index contributed by atoms with van der Waals surface area (Å²) in [7, 11) is 0. The summed E-state index contributed by atoms with van der Waals surface area (Å²) in [6.45, 7) is 0.617. The van der Waals surface area contributed by atoms with E-state index in [2.05, 4.69) is 5.32 Å². The van der Waals surface area contributed by atoms with Gasteiger partial charge in [-0.1, -0.05) is 48.0 Å². The van der Waals surface area contributed by atoms with Crippen molar-refractivity contribution in [2.75, 3.05) is 0 Å². The highest BCUT2D eigenvalue weighted by molar-refractivity contribution is 6.30. The molecule has 1 heterocycles. The maximum absolute atomic E-state index is 13.8. The van der Waals surface area contributed by atoms with Crippen LogP contribution in [0.4, 0.5) is 4.39 Å². The maximum Gasteiger partial charge on any atom is 0.251 e. The van der Waals surface area contributed by atoms with Crippen LogP contribution in [0.25, 0.3) is 10.9 Å². The van der Waals surface area contributed by atoms with Gasteiger partial charge in [0.2, 0.25) is 0 Å². The maximum atomic E-state index is 13.8. The van der Waals surface area contributed by atoms with Crippen LogP contribution in [-0.2, 0) is 13.1 Å². The largest absolute Gasteiger partial charge is 0.363 e. The molecule has 4 rings (SSSR count). The summed E-state index contributed by atoms with van der Waals surface area (Å²) in [5.74, 6) is -0.775. The lowest BCUT2D eigenvalue weighted by atomic mass is 10.1. The number of hydrogen-bond donors (Lipinski definition) is 3. The Hall–Kier alpha value is -3.19. The van der Waals surface area contributed by atoms with Crippen molar-refractivity contribution in [2.24, 2.45) is 0 Å². The SMILES string of the molecule is O=C(NCc1ccccc1)c1ccc2c(c1)cc(C(O)O)n2Cc1ccc(Cl)c(F)c1. The Balaban J connectivity index is 1.62. The van der Waals surface area contributed by atoms with Gasteiger partial charge in [0.25, 0.3) is 5.91 Å². The number of carbonyl (C=O) groups is 1. The molecule has 0 aliphatic carbocycles. The number of benzene rings is 3. The number of aliphatic hydroxyl groups is 2. The molecule has 5 nitrogen and oxygen atoms in total. The Morgan fingerprint density at radius 1 is 1.00 bits per heavy atom. The fourth-order valence-electron chi connectivity index (χ4n) is 3.52. The van der Waals surface area contributed by atoms with Gasteiger partial charge in [-0.15, -0.1) is 0 Å². The van der Waals surface area contributed by atoms with E-state index < -0.39 is 12.1 Å². The zero-order valence-electron chi connectivity index (χ0n) is 16.4. The second-order valence-electron chi connectivity index (χ2n) is 7.22. The molecule has 3 aromatic carbocycles. The number of halogens is 2. The Kier molecular flexibility index (Phi) is 6.04. The normalized spacial score (nSPS) is 11.3. The molecular formula is C24H20ClFN2O3. The average Bonchev–Trinajstić information content (AvgIpc) is 3.13. The second kappa shape index (κ2) is 8.89. The summed E-state index contributed by atoms with van der Waals surface area (Å²) in [6, 6.07) is 20.8. The van der Waals surface area contributed by atoms with Crippen LogP contribution >= 0.6 is 11.6 Å². The van der Waals surface area contributed by atoms with Gasteiger partial charge in [0, 0.05) is 29.6 Å². The van der Waals surface area contributed by atoms with E-state index in [-0.39, 0.29) is 23.2 Å². The Morgan fingerprint density at radius 3 is 2.48 bits per heavy atom. The zero-order chi connectivity index (χ0) is 22.0. The van der Waals surface area contributed by atoms with Gasteiger partial charge in [0.05, 0.1) is 10.7 Å². The molecule has 158 valence electrons. The van der Waals surface area contributed by atoms with E-state index in [0.29, 0.717) is 28.6 Å². The lowest BCUT2D eigenvalue weighted by Gasteiger charge is -2.13. The summed E-state index contributed by atoms with van der Waals surface area (Å²) in [5.41, 5.74) is 3.00. The number of carbonyl (C=O) groups excluding carboxylic acids is 1. The van der Waals surface area contributed by atoms with Crippen LogP contribution in [0.2, 0.25) is 5.02 Å². The van der Waals surface area contributed by atoms with Crippen molar-refractivity contribution >= 4 is 28.4 Å². The summed E-state index contributed by atoms with van der Waals surface area (Å²) < 4.78 is 15.5. The fraction of sp³-hybridized carbons (Fsp3) is 0.125. The predicted octanol–water partition coefficient (Wildman–Crippen LogP) is 4.40. The van der Waals surface area contributed by atoms with Crippen molar-refractivity contribution in [3.05, 3.63) is 106 Å². The summed E-state index contributed by atoms with van der Waals surface area (Å²) in [6.07, 6.45) is -1.72. The lowest BCUT2D eigenvalue weighted by molar-refractivity contribution is -0.0478. The Morgan fingerprint density at radius 2 is 1.77 bits per heavy atom. The van der Waals surface area contributed by atoms with Crippen molar-refractivity contribution in [1.29, 1.82) is 0 Å². The number of hydrogen-bond acceptors (Lipinski definition) is 3. The molecule has 0 saturated heterocycles. The van der Waals surface area contributed by atoms with E-state index in [0.717, 1.165) is 5.56 Å². The minimum absolute atomic E-state index is 0.0229. The Bertz CT molecular complexity index is 1240. The quantitative estimate of drug-likeness (QED) is 0.391. The van der Waals surface area contributed by atoms with Gasteiger partial charge in [-0.25, -0.2) is 4.39 Å². The molecule has 0 fully saturated rings. The van der Waals surface area contributed by atoms with Gasteiger partial charge in [-0.2, -0.15) is 0 Å². The van der Waals surface area contributed by atoms with Gasteiger partial charge in [-0.3, -0.25) is 4.79 Å². The molecule has 0 spiro atoms. The molecule has 7 heteroatoms. The highest BCUT2D eigenvalue weighted by Crippen LogP contribution is 2.27. The van der Waals surface area contributed by atoms with Crippen LogP contribution in [-0.4, -0.2) is 20.7 Å². The van der Waals surface area contributed by atoms with Crippen LogP contribution in [0.3, 0.4) is 0 Å². The average molecular weight is 439 g/mol. The van der Waals surface area contributed by atoms with Crippen molar-refractivity contribution in [1.82, 2.24) is 9.88 Å².